The zero-order valence-electron chi connectivity index (χ0n) is 11.6. The van der Waals surface area contributed by atoms with Gasteiger partial charge in [0.15, 0.2) is 0 Å². The molecule has 116 valence electrons. The predicted molar refractivity (Wildman–Crippen MR) is 89.1 cm³/mol. The van der Waals surface area contributed by atoms with Gasteiger partial charge in [-0.25, -0.2) is 0 Å². The molecule has 1 aromatic carbocycles. The number of ether oxygens (including phenoxy) is 1. The molecule has 2 rings (SSSR count). The van der Waals surface area contributed by atoms with Crippen LogP contribution in [0.1, 0.15) is 37.7 Å². The molecule has 0 spiro atoms. The normalized spacial score (nSPS) is 17.3. The van der Waals surface area contributed by atoms with Crippen molar-refractivity contribution in [1.82, 2.24) is 0 Å². The topological polar surface area (TPSA) is 9.23 Å². The molecule has 0 unspecified atom stereocenters. The van der Waals surface area contributed by atoms with Gasteiger partial charge >= 0.3 is 6.61 Å². The zero-order chi connectivity index (χ0) is 15.2. The highest BCUT2D eigenvalue weighted by atomic mass is 79.9. The summed E-state index contributed by atoms with van der Waals surface area (Å²) in [5, 5.41) is 0.762. The first-order valence-electron chi connectivity index (χ1n) is 7.11. The molecule has 0 N–H and O–H groups in total. The van der Waals surface area contributed by atoms with Crippen LogP contribution in [0.15, 0.2) is 28.2 Å². The van der Waals surface area contributed by atoms with E-state index in [4.69, 9.17) is 0 Å². The van der Waals surface area contributed by atoms with Gasteiger partial charge in [0.2, 0.25) is 0 Å². The Balaban J connectivity index is 2.29. The molecule has 1 aliphatic carbocycles. The third-order valence-corrected chi connectivity index (χ3v) is 4.95. The summed E-state index contributed by atoms with van der Waals surface area (Å²) in [6.45, 7) is -2.81. The molecule has 0 amide bonds. The van der Waals surface area contributed by atoms with Gasteiger partial charge in [-0.05, 0) is 37.0 Å². The molecule has 1 saturated carbocycles. The number of rotatable bonds is 5. The highest BCUT2D eigenvalue weighted by molar-refractivity contribution is 9.10. The number of allylic oxidation sites excluding steroid dienone is 1. The van der Waals surface area contributed by atoms with Gasteiger partial charge in [0.25, 0.3) is 0 Å². The summed E-state index contributed by atoms with van der Waals surface area (Å²) in [7, 11) is 0. The second kappa shape index (κ2) is 8.28. The molecule has 1 fully saturated rings. The summed E-state index contributed by atoms with van der Waals surface area (Å²) >= 11 is 6.92. The molecule has 1 aromatic rings. The molecule has 5 heteroatoms. The van der Waals surface area contributed by atoms with Gasteiger partial charge in [-0.3, -0.25) is 0 Å². The molecule has 0 aliphatic heterocycles. The van der Waals surface area contributed by atoms with E-state index in [-0.39, 0.29) is 5.75 Å². The van der Waals surface area contributed by atoms with Crippen molar-refractivity contribution < 1.29 is 13.5 Å². The van der Waals surface area contributed by atoms with Crippen molar-refractivity contribution in [3.63, 3.8) is 0 Å². The Hall–Kier alpha value is -0.420. The van der Waals surface area contributed by atoms with Crippen LogP contribution in [-0.4, -0.2) is 11.9 Å². The second-order valence-corrected chi connectivity index (χ2v) is 6.72. The average molecular weight is 424 g/mol. The molecule has 0 radical (unpaired) electrons. The number of alkyl halides is 3. The molecule has 0 bridgehead atoms. The van der Waals surface area contributed by atoms with Gasteiger partial charge < -0.3 is 4.74 Å². The van der Waals surface area contributed by atoms with Gasteiger partial charge in [0, 0.05) is 15.4 Å². The Labute approximate surface area is 141 Å². The zero-order valence-corrected chi connectivity index (χ0v) is 14.8. The van der Waals surface area contributed by atoms with Gasteiger partial charge in [0.1, 0.15) is 5.75 Å². The fourth-order valence-corrected chi connectivity index (χ4v) is 3.77. The first kappa shape index (κ1) is 16.9. The van der Waals surface area contributed by atoms with E-state index >= 15 is 0 Å². The SMILES string of the molecule is FC(F)Oc1ccc(Br)cc1/C=C(/CBr)C1CCCCC1. The quantitative estimate of drug-likeness (QED) is 0.497. The van der Waals surface area contributed by atoms with Gasteiger partial charge in [-0.2, -0.15) is 8.78 Å². The standard InChI is InChI=1S/C16H18Br2F2O/c17-10-13(11-4-2-1-3-5-11)8-12-9-14(18)6-7-15(12)21-16(19)20/h6-9,11,16H,1-5,10H2/b13-8-. The van der Waals surface area contributed by atoms with E-state index in [2.05, 4.69) is 36.6 Å². The Morgan fingerprint density at radius 3 is 2.62 bits per heavy atom. The van der Waals surface area contributed by atoms with Crippen molar-refractivity contribution in [1.29, 1.82) is 0 Å². The number of hydrogen-bond donors (Lipinski definition) is 0. The lowest BCUT2D eigenvalue weighted by Gasteiger charge is -2.24. The van der Waals surface area contributed by atoms with Crippen molar-refractivity contribution in [2.75, 3.05) is 5.33 Å². The molecular weight excluding hydrogens is 406 g/mol. The molecule has 0 aromatic heterocycles. The smallest absolute Gasteiger partial charge is 0.387 e. The first-order valence-corrected chi connectivity index (χ1v) is 9.02. The van der Waals surface area contributed by atoms with E-state index in [1.54, 1.807) is 12.1 Å². The summed E-state index contributed by atoms with van der Waals surface area (Å²) in [5.74, 6) is 0.763. The predicted octanol–water partition coefficient (Wildman–Crippen LogP) is 6.41. The highest BCUT2D eigenvalue weighted by Gasteiger charge is 2.18. The number of hydrogen-bond acceptors (Lipinski definition) is 1. The molecule has 1 nitrogen and oxygen atoms in total. The monoisotopic (exact) mass is 422 g/mol. The Bertz CT molecular complexity index is 497. The summed E-state index contributed by atoms with van der Waals surface area (Å²) < 4.78 is 30.5. The fourth-order valence-electron chi connectivity index (χ4n) is 2.77. The molecule has 0 heterocycles. The van der Waals surface area contributed by atoms with Crippen LogP contribution in [0.2, 0.25) is 0 Å². The van der Waals surface area contributed by atoms with Crippen molar-refractivity contribution >= 4 is 37.9 Å². The Morgan fingerprint density at radius 2 is 2.00 bits per heavy atom. The lowest BCUT2D eigenvalue weighted by molar-refractivity contribution is -0.0500. The summed E-state index contributed by atoms with van der Waals surface area (Å²) in [4.78, 5) is 0. The van der Waals surface area contributed by atoms with E-state index < -0.39 is 6.61 Å². The minimum atomic E-state index is -2.81. The van der Waals surface area contributed by atoms with Crippen molar-refractivity contribution in [3.05, 3.63) is 33.8 Å². The van der Waals surface area contributed by atoms with Crippen LogP contribution in [-0.2, 0) is 0 Å². The van der Waals surface area contributed by atoms with Gasteiger partial charge in [-0.15, -0.1) is 0 Å². The molecule has 1 aliphatic rings. The van der Waals surface area contributed by atoms with Crippen molar-refractivity contribution in [2.24, 2.45) is 5.92 Å². The van der Waals surface area contributed by atoms with E-state index in [1.807, 2.05) is 12.1 Å². The highest BCUT2D eigenvalue weighted by Crippen LogP contribution is 2.34. The van der Waals surface area contributed by atoms with Crippen LogP contribution in [0.25, 0.3) is 6.08 Å². The maximum Gasteiger partial charge on any atom is 0.387 e. The Kier molecular flexibility index (Phi) is 6.68. The van der Waals surface area contributed by atoms with Gasteiger partial charge in [-0.1, -0.05) is 62.8 Å². The van der Waals surface area contributed by atoms with Crippen LogP contribution < -0.4 is 4.74 Å². The van der Waals surface area contributed by atoms with Crippen molar-refractivity contribution in [3.8, 4) is 5.75 Å². The summed E-state index contributed by atoms with van der Waals surface area (Å²) in [5.41, 5.74) is 1.96. The van der Waals surface area contributed by atoms with E-state index in [1.165, 1.54) is 37.7 Å². The van der Waals surface area contributed by atoms with E-state index in [9.17, 15) is 8.78 Å². The van der Waals surface area contributed by atoms with Crippen LogP contribution in [0.5, 0.6) is 5.75 Å². The minimum Gasteiger partial charge on any atom is -0.434 e. The van der Waals surface area contributed by atoms with Crippen LogP contribution in [0, 0.1) is 5.92 Å². The second-order valence-electron chi connectivity index (χ2n) is 5.25. The number of benzene rings is 1. The average Bonchev–Trinajstić information content (AvgIpc) is 2.48. The van der Waals surface area contributed by atoms with Crippen LogP contribution in [0.3, 0.4) is 0 Å². The van der Waals surface area contributed by atoms with Crippen LogP contribution in [0.4, 0.5) is 8.78 Å². The largest absolute Gasteiger partial charge is 0.434 e. The van der Waals surface area contributed by atoms with E-state index in [0.717, 1.165) is 9.80 Å². The fraction of sp³-hybridized carbons (Fsp3) is 0.500. The summed E-state index contributed by atoms with van der Waals surface area (Å²) in [6.07, 6.45) is 8.13. The maximum absolute atomic E-state index is 12.5. The Morgan fingerprint density at radius 1 is 1.29 bits per heavy atom. The third-order valence-electron chi connectivity index (χ3n) is 3.81. The minimum absolute atomic E-state index is 0.224. The third kappa shape index (κ3) is 5.06. The summed E-state index contributed by atoms with van der Waals surface area (Å²) in [6, 6.07) is 5.11. The lowest BCUT2D eigenvalue weighted by Crippen LogP contribution is -2.10. The van der Waals surface area contributed by atoms with Crippen LogP contribution >= 0.6 is 31.9 Å². The van der Waals surface area contributed by atoms with Gasteiger partial charge in [0.05, 0.1) is 0 Å². The van der Waals surface area contributed by atoms with E-state index in [0.29, 0.717) is 11.5 Å². The first-order chi connectivity index (χ1) is 10.1. The molecule has 0 atom stereocenters. The molecular formula is C16H18Br2F2O. The maximum atomic E-state index is 12.5. The number of halogens is 4. The molecule has 0 saturated heterocycles. The van der Waals surface area contributed by atoms with Crippen molar-refractivity contribution in [2.45, 2.75) is 38.7 Å². The molecule has 21 heavy (non-hydrogen) atoms. The lowest BCUT2D eigenvalue weighted by atomic mass is 9.84.